The van der Waals surface area contributed by atoms with Crippen molar-refractivity contribution < 1.29 is 14.5 Å². The van der Waals surface area contributed by atoms with Gasteiger partial charge in [-0.3, -0.25) is 19.7 Å². The van der Waals surface area contributed by atoms with E-state index in [-0.39, 0.29) is 22.9 Å². The molecule has 146 valence electrons. The number of hydrogen-bond acceptors (Lipinski definition) is 4. The number of benzene rings is 3. The van der Waals surface area contributed by atoms with Gasteiger partial charge in [0.2, 0.25) is 5.91 Å². The molecular formula is C22H17ClN2O4. The van der Waals surface area contributed by atoms with Gasteiger partial charge in [-0.05, 0) is 30.7 Å². The minimum atomic E-state index is -0.578. The number of hydrogen-bond donors (Lipinski definition) is 1. The fraction of sp³-hybridized carbons (Fsp3) is 0.0909. The maximum absolute atomic E-state index is 12.9. The van der Waals surface area contributed by atoms with Gasteiger partial charge in [-0.2, -0.15) is 0 Å². The number of rotatable bonds is 6. The van der Waals surface area contributed by atoms with Crippen molar-refractivity contribution in [3.63, 3.8) is 0 Å². The van der Waals surface area contributed by atoms with Crippen molar-refractivity contribution in [1.82, 2.24) is 0 Å². The Morgan fingerprint density at radius 2 is 1.66 bits per heavy atom. The molecule has 6 nitrogen and oxygen atoms in total. The fourth-order valence-electron chi connectivity index (χ4n) is 2.84. The van der Waals surface area contributed by atoms with Crippen LogP contribution in [0.25, 0.3) is 0 Å². The van der Waals surface area contributed by atoms with Gasteiger partial charge in [0.25, 0.3) is 5.69 Å². The molecule has 0 saturated heterocycles. The zero-order valence-electron chi connectivity index (χ0n) is 15.5. The molecule has 0 aliphatic rings. The highest BCUT2D eigenvalue weighted by atomic mass is 35.5. The molecule has 1 amide bonds. The first-order chi connectivity index (χ1) is 13.9. The van der Waals surface area contributed by atoms with Gasteiger partial charge in [0.15, 0.2) is 5.78 Å². The number of halogens is 1. The lowest BCUT2D eigenvalue weighted by Gasteiger charge is -2.15. The van der Waals surface area contributed by atoms with Crippen LogP contribution in [0.4, 0.5) is 11.4 Å². The van der Waals surface area contributed by atoms with Crippen LogP contribution in [0, 0.1) is 10.1 Å². The molecule has 0 radical (unpaired) electrons. The van der Waals surface area contributed by atoms with Gasteiger partial charge in [0.05, 0.1) is 16.5 Å². The van der Waals surface area contributed by atoms with Crippen molar-refractivity contribution in [2.24, 2.45) is 0 Å². The Kier molecular flexibility index (Phi) is 6.04. The lowest BCUT2D eigenvalue weighted by atomic mass is 9.98. The predicted octanol–water partition coefficient (Wildman–Crippen LogP) is 5.22. The summed E-state index contributed by atoms with van der Waals surface area (Å²) in [5, 5.41) is 13.9. The minimum absolute atomic E-state index is 0.0465. The summed E-state index contributed by atoms with van der Waals surface area (Å²) in [7, 11) is 0. The van der Waals surface area contributed by atoms with Crippen LogP contribution >= 0.6 is 11.6 Å². The summed E-state index contributed by atoms with van der Waals surface area (Å²) in [4.78, 5) is 35.9. The van der Waals surface area contributed by atoms with Crippen molar-refractivity contribution in [2.75, 3.05) is 5.32 Å². The van der Waals surface area contributed by atoms with Gasteiger partial charge in [-0.25, -0.2) is 0 Å². The topological polar surface area (TPSA) is 89.3 Å². The highest BCUT2D eigenvalue weighted by Crippen LogP contribution is 2.26. The maximum atomic E-state index is 12.9. The second-order valence-corrected chi connectivity index (χ2v) is 6.88. The molecule has 0 aliphatic carbocycles. The van der Waals surface area contributed by atoms with Gasteiger partial charge in [-0.1, -0.05) is 54.1 Å². The van der Waals surface area contributed by atoms with E-state index in [1.165, 1.54) is 18.2 Å². The van der Waals surface area contributed by atoms with Crippen LogP contribution in [0.3, 0.4) is 0 Å². The van der Waals surface area contributed by atoms with Crippen molar-refractivity contribution in [1.29, 1.82) is 0 Å². The van der Waals surface area contributed by atoms with E-state index in [0.29, 0.717) is 21.8 Å². The van der Waals surface area contributed by atoms with E-state index in [0.717, 1.165) is 0 Å². The first-order valence-corrected chi connectivity index (χ1v) is 9.19. The molecule has 29 heavy (non-hydrogen) atoms. The Labute approximate surface area is 172 Å². The highest BCUT2D eigenvalue weighted by Gasteiger charge is 2.20. The number of nitro benzene ring substituents is 1. The van der Waals surface area contributed by atoms with Crippen LogP contribution < -0.4 is 5.32 Å². The first-order valence-electron chi connectivity index (χ1n) is 8.81. The van der Waals surface area contributed by atoms with Gasteiger partial charge < -0.3 is 5.32 Å². The molecule has 1 atom stereocenters. The number of ketones is 1. The van der Waals surface area contributed by atoms with E-state index in [2.05, 4.69) is 5.32 Å². The average Bonchev–Trinajstić information content (AvgIpc) is 2.74. The second kappa shape index (κ2) is 8.67. The molecular weight excluding hydrogens is 392 g/mol. The quantitative estimate of drug-likeness (QED) is 0.344. The molecule has 3 aromatic carbocycles. The van der Waals surface area contributed by atoms with E-state index in [4.69, 9.17) is 11.6 Å². The summed E-state index contributed by atoms with van der Waals surface area (Å²) in [6.45, 7) is 1.69. The van der Waals surface area contributed by atoms with Crippen molar-refractivity contribution >= 4 is 34.7 Å². The van der Waals surface area contributed by atoms with Crippen LogP contribution in [0.5, 0.6) is 0 Å². The monoisotopic (exact) mass is 408 g/mol. The number of nitrogens with zero attached hydrogens (tertiary/aromatic N) is 1. The number of carbonyl (C=O) groups excluding carboxylic acids is 2. The summed E-state index contributed by atoms with van der Waals surface area (Å²) in [5.41, 5.74) is 1.69. The third kappa shape index (κ3) is 4.67. The molecule has 0 aliphatic heterocycles. The third-order valence-corrected chi connectivity index (χ3v) is 4.75. The zero-order valence-corrected chi connectivity index (χ0v) is 16.2. The molecule has 1 N–H and O–H groups in total. The Morgan fingerprint density at radius 3 is 2.28 bits per heavy atom. The van der Waals surface area contributed by atoms with Gasteiger partial charge in [0.1, 0.15) is 0 Å². The Morgan fingerprint density at radius 1 is 1.00 bits per heavy atom. The maximum Gasteiger partial charge on any atom is 0.269 e. The largest absolute Gasteiger partial charge is 0.325 e. The number of carbonyl (C=O) groups is 2. The van der Waals surface area contributed by atoms with Gasteiger partial charge in [0, 0.05) is 28.3 Å². The SMILES string of the molecule is CC(C(=O)Nc1ccc(Cl)cc1C(=O)c1ccccc1)c1ccc([N+](=O)[O-])cc1. The second-order valence-electron chi connectivity index (χ2n) is 6.44. The molecule has 0 aromatic heterocycles. The van der Waals surface area contributed by atoms with Crippen molar-refractivity contribution in [2.45, 2.75) is 12.8 Å². The normalized spacial score (nSPS) is 11.5. The molecule has 0 saturated carbocycles. The summed E-state index contributed by atoms with van der Waals surface area (Å²) >= 11 is 6.06. The number of nitro groups is 1. The summed E-state index contributed by atoms with van der Waals surface area (Å²) < 4.78 is 0. The average molecular weight is 409 g/mol. The van der Waals surface area contributed by atoms with Crippen LogP contribution in [0.15, 0.2) is 72.8 Å². The highest BCUT2D eigenvalue weighted by molar-refractivity contribution is 6.31. The molecule has 0 spiro atoms. The van der Waals surface area contributed by atoms with E-state index in [1.54, 1.807) is 55.5 Å². The summed E-state index contributed by atoms with van der Waals surface area (Å²) in [6.07, 6.45) is 0. The predicted molar refractivity (Wildman–Crippen MR) is 111 cm³/mol. The smallest absolute Gasteiger partial charge is 0.269 e. The number of non-ortho nitro benzene ring substituents is 1. The van der Waals surface area contributed by atoms with E-state index in [9.17, 15) is 19.7 Å². The molecule has 0 fully saturated rings. The Bertz CT molecular complexity index is 1070. The Hall–Kier alpha value is -3.51. The van der Waals surface area contributed by atoms with E-state index >= 15 is 0 Å². The minimum Gasteiger partial charge on any atom is -0.325 e. The molecule has 1 unspecified atom stereocenters. The van der Waals surface area contributed by atoms with Gasteiger partial charge >= 0.3 is 0 Å². The van der Waals surface area contributed by atoms with Gasteiger partial charge in [-0.15, -0.1) is 0 Å². The lowest BCUT2D eigenvalue weighted by molar-refractivity contribution is -0.384. The lowest BCUT2D eigenvalue weighted by Crippen LogP contribution is -2.20. The van der Waals surface area contributed by atoms with E-state index in [1.807, 2.05) is 6.07 Å². The fourth-order valence-corrected chi connectivity index (χ4v) is 3.01. The summed E-state index contributed by atoms with van der Waals surface area (Å²) in [6, 6.07) is 19.2. The molecule has 7 heteroatoms. The summed E-state index contributed by atoms with van der Waals surface area (Å²) in [5.74, 6) is -1.18. The zero-order chi connectivity index (χ0) is 21.0. The Balaban J connectivity index is 1.85. The third-order valence-electron chi connectivity index (χ3n) is 4.52. The molecule has 0 heterocycles. The van der Waals surface area contributed by atoms with Crippen molar-refractivity contribution in [3.05, 3.63) is 105 Å². The number of amides is 1. The van der Waals surface area contributed by atoms with Crippen molar-refractivity contribution in [3.8, 4) is 0 Å². The number of nitrogens with one attached hydrogen (secondary N) is 1. The number of anilines is 1. The molecule has 0 bridgehead atoms. The van der Waals surface area contributed by atoms with Crippen LogP contribution in [0.1, 0.15) is 34.3 Å². The first kappa shape index (κ1) is 20.2. The molecule has 3 aromatic rings. The molecule has 3 rings (SSSR count). The standard InChI is InChI=1S/C22H17ClN2O4/c1-14(15-7-10-18(11-8-15)25(28)29)22(27)24-20-12-9-17(23)13-19(20)21(26)16-5-3-2-4-6-16/h2-14H,1H3,(H,24,27). The van der Waals surface area contributed by atoms with Crippen LogP contribution in [-0.4, -0.2) is 16.6 Å². The van der Waals surface area contributed by atoms with Crippen LogP contribution in [-0.2, 0) is 4.79 Å². The van der Waals surface area contributed by atoms with E-state index < -0.39 is 10.8 Å². The van der Waals surface area contributed by atoms with Crippen LogP contribution in [0.2, 0.25) is 5.02 Å².